The Morgan fingerprint density at radius 1 is 1.11 bits per heavy atom. The molecule has 4 heteroatoms. The van der Waals surface area contributed by atoms with Gasteiger partial charge in [-0.3, -0.25) is 4.79 Å². The van der Waals surface area contributed by atoms with E-state index in [1.54, 1.807) is 0 Å². The summed E-state index contributed by atoms with van der Waals surface area (Å²) in [5.41, 5.74) is 12.0. The molecule has 2 aromatic rings. The minimum Gasteiger partial charge on any atom is -0.351 e. The van der Waals surface area contributed by atoms with Crippen LogP contribution in [0, 0.1) is 18.8 Å². The first kappa shape index (κ1) is 17.9. The van der Waals surface area contributed by atoms with Crippen LogP contribution in [0.4, 0.5) is 5.69 Å². The second-order valence-electron chi connectivity index (χ2n) is 7.94. The summed E-state index contributed by atoms with van der Waals surface area (Å²) < 4.78 is 0. The molecule has 1 amide bonds. The van der Waals surface area contributed by atoms with Gasteiger partial charge in [-0.05, 0) is 67.3 Å². The molecule has 0 unspecified atom stereocenters. The van der Waals surface area contributed by atoms with Gasteiger partial charge in [0.2, 0.25) is 0 Å². The summed E-state index contributed by atoms with van der Waals surface area (Å²) in [5.74, 6) is 1.15. The Bertz CT molecular complexity index is 870. The van der Waals surface area contributed by atoms with Gasteiger partial charge in [-0.15, -0.1) is 0 Å². The molecule has 0 bridgehead atoms. The molecule has 0 radical (unpaired) electrons. The predicted molar refractivity (Wildman–Crippen MR) is 110 cm³/mol. The van der Waals surface area contributed by atoms with Gasteiger partial charge in [-0.1, -0.05) is 42.0 Å². The number of hydrogen-bond acceptors (Lipinski definition) is 3. The smallest absolute Gasteiger partial charge is 0.266 e. The van der Waals surface area contributed by atoms with E-state index < -0.39 is 0 Å². The zero-order valence-electron chi connectivity index (χ0n) is 15.9. The maximum Gasteiger partial charge on any atom is 0.266 e. The van der Waals surface area contributed by atoms with Crippen molar-refractivity contribution in [3.8, 4) is 11.1 Å². The number of fused-ring (bicyclic) bond motifs is 1. The molecule has 27 heavy (non-hydrogen) atoms. The highest BCUT2D eigenvalue weighted by Gasteiger charge is 2.25. The van der Waals surface area contributed by atoms with Crippen LogP contribution in [0.25, 0.3) is 11.1 Å². The Labute approximate surface area is 160 Å². The summed E-state index contributed by atoms with van der Waals surface area (Å²) in [7, 11) is 0. The van der Waals surface area contributed by atoms with Gasteiger partial charge in [0.15, 0.2) is 0 Å². The molecule has 1 saturated carbocycles. The number of aliphatic imine (C=N–C) groups is 1. The van der Waals surface area contributed by atoms with Crippen LogP contribution in [-0.2, 0) is 11.2 Å². The number of carbonyl (C=O) groups excluding carboxylic acids is 1. The molecule has 140 valence electrons. The number of amides is 1. The average molecular weight is 361 g/mol. The van der Waals surface area contributed by atoms with Gasteiger partial charge in [0, 0.05) is 13.0 Å². The lowest BCUT2D eigenvalue weighted by Gasteiger charge is -2.11. The zero-order valence-corrected chi connectivity index (χ0v) is 15.9. The number of hydrogen-bond donors (Lipinski definition) is 2. The molecular formula is C23H27N3O. The van der Waals surface area contributed by atoms with Crippen LogP contribution in [0.15, 0.2) is 47.5 Å². The van der Waals surface area contributed by atoms with Gasteiger partial charge >= 0.3 is 0 Å². The van der Waals surface area contributed by atoms with Crippen molar-refractivity contribution >= 4 is 17.3 Å². The van der Waals surface area contributed by atoms with Crippen molar-refractivity contribution in [2.45, 2.75) is 32.6 Å². The molecule has 3 N–H and O–H groups in total. The Morgan fingerprint density at radius 2 is 1.85 bits per heavy atom. The van der Waals surface area contributed by atoms with E-state index in [4.69, 9.17) is 5.73 Å². The van der Waals surface area contributed by atoms with Crippen LogP contribution < -0.4 is 11.1 Å². The van der Waals surface area contributed by atoms with E-state index in [0.717, 1.165) is 42.7 Å². The standard InChI is InChI=1S/C23H27N3O/c1-15-2-6-18(7-3-15)19-8-9-20-12-22(26-21(20)11-19)23(27)25-14-17-5-4-16(10-17)13-24/h2-3,6-9,11,16-17H,4-5,10,12-14,24H2,1H3,(H,25,27)/t16-,17+/m1/s1. The molecule has 0 spiro atoms. The fraction of sp³-hybridized carbons (Fsp3) is 0.391. The van der Waals surface area contributed by atoms with Crippen molar-refractivity contribution in [2.75, 3.05) is 13.1 Å². The third kappa shape index (κ3) is 3.96. The van der Waals surface area contributed by atoms with Gasteiger partial charge < -0.3 is 11.1 Å². The van der Waals surface area contributed by atoms with Gasteiger partial charge in [0.25, 0.3) is 5.91 Å². The molecule has 0 saturated heterocycles. The predicted octanol–water partition coefficient (Wildman–Crippen LogP) is 3.78. The van der Waals surface area contributed by atoms with Gasteiger partial charge in [-0.2, -0.15) is 0 Å². The highest BCUT2D eigenvalue weighted by Crippen LogP contribution is 2.32. The van der Waals surface area contributed by atoms with Crippen molar-refractivity contribution < 1.29 is 4.79 Å². The van der Waals surface area contributed by atoms with E-state index in [1.165, 1.54) is 17.5 Å². The number of nitrogens with one attached hydrogen (secondary N) is 1. The normalized spacial score (nSPS) is 21.0. The van der Waals surface area contributed by atoms with Crippen molar-refractivity contribution in [1.29, 1.82) is 0 Å². The third-order valence-electron chi connectivity index (χ3n) is 5.88. The van der Waals surface area contributed by atoms with E-state index >= 15 is 0 Å². The van der Waals surface area contributed by atoms with Gasteiger partial charge in [0.1, 0.15) is 5.71 Å². The maximum atomic E-state index is 12.5. The van der Waals surface area contributed by atoms with Gasteiger partial charge in [-0.25, -0.2) is 4.99 Å². The first-order valence-corrected chi connectivity index (χ1v) is 9.88. The lowest BCUT2D eigenvalue weighted by Crippen LogP contribution is -2.34. The molecule has 2 atom stereocenters. The van der Waals surface area contributed by atoms with E-state index in [0.29, 0.717) is 24.0 Å². The molecule has 4 nitrogen and oxygen atoms in total. The van der Waals surface area contributed by atoms with Crippen LogP contribution >= 0.6 is 0 Å². The van der Waals surface area contributed by atoms with Crippen molar-refractivity contribution in [3.63, 3.8) is 0 Å². The maximum absolute atomic E-state index is 12.5. The summed E-state index contributed by atoms with van der Waals surface area (Å²) in [6.07, 6.45) is 4.09. The summed E-state index contributed by atoms with van der Waals surface area (Å²) in [5, 5.41) is 3.09. The Hall–Kier alpha value is -2.46. The topological polar surface area (TPSA) is 67.5 Å². The first-order valence-electron chi connectivity index (χ1n) is 9.88. The summed E-state index contributed by atoms with van der Waals surface area (Å²) >= 11 is 0. The molecule has 1 aliphatic carbocycles. The van der Waals surface area contributed by atoms with E-state index in [1.807, 2.05) is 0 Å². The number of aryl methyl sites for hydroxylation is 1. The minimum absolute atomic E-state index is 0.0284. The Balaban J connectivity index is 1.41. The Kier molecular flexibility index (Phi) is 5.08. The van der Waals surface area contributed by atoms with Crippen LogP contribution in [0.5, 0.6) is 0 Å². The van der Waals surface area contributed by atoms with Crippen LogP contribution in [-0.4, -0.2) is 24.7 Å². The molecule has 2 aliphatic rings. The highest BCUT2D eigenvalue weighted by molar-refractivity contribution is 6.40. The molecule has 1 fully saturated rings. The largest absolute Gasteiger partial charge is 0.351 e. The lowest BCUT2D eigenvalue weighted by molar-refractivity contribution is -0.115. The fourth-order valence-corrected chi connectivity index (χ4v) is 4.16. The van der Waals surface area contributed by atoms with E-state index in [9.17, 15) is 4.79 Å². The molecule has 2 aromatic carbocycles. The monoisotopic (exact) mass is 361 g/mol. The van der Waals surface area contributed by atoms with Crippen molar-refractivity contribution in [3.05, 3.63) is 53.6 Å². The average Bonchev–Trinajstić information content (AvgIpc) is 3.32. The van der Waals surface area contributed by atoms with Crippen LogP contribution in [0.3, 0.4) is 0 Å². The third-order valence-corrected chi connectivity index (χ3v) is 5.88. The molecule has 4 rings (SSSR count). The Morgan fingerprint density at radius 3 is 2.59 bits per heavy atom. The fourth-order valence-electron chi connectivity index (χ4n) is 4.16. The van der Waals surface area contributed by atoms with Crippen LogP contribution in [0.2, 0.25) is 0 Å². The quantitative estimate of drug-likeness (QED) is 0.851. The van der Waals surface area contributed by atoms with E-state index in [-0.39, 0.29) is 5.91 Å². The first-order chi connectivity index (χ1) is 13.1. The summed E-state index contributed by atoms with van der Waals surface area (Å²) in [6, 6.07) is 14.8. The minimum atomic E-state index is -0.0284. The molecule has 1 heterocycles. The van der Waals surface area contributed by atoms with Crippen molar-refractivity contribution in [2.24, 2.45) is 22.6 Å². The van der Waals surface area contributed by atoms with Gasteiger partial charge in [0.05, 0.1) is 5.69 Å². The lowest BCUT2D eigenvalue weighted by atomic mass is 10.0. The van der Waals surface area contributed by atoms with E-state index in [2.05, 4.69) is 59.7 Å². The number of nitrogens with zero attached hydrogens (tertiary/aromatic N) is 1. The molecular weight excluding hydrogens is 334 g/mol. The SMILES string of the molecule is Cc1ccc(-c2ccc3c(c2)N=C(C(=O)NC[C@H]2CC[C@@H](CN)C2)C3)cc1. The second kappa shape index (κ2) is 7.65. The molecule has 0 aromatic heterocycles. The summed E-state index contributed by atoms with van der Waals surface area (Å²) in [6.45, 7) is 3.58. The second-order valence-corrected chi connectivity index (χ2v) is 7.94. The number of nitrogens with two attached hydrogens (primary N) is 1. The number of rotatable bonds is 5. The van der Waals surface area contributed by atoms with Crippen LogP contribution in [0.1, 0.15) is 30.4 Å². The van der Waals surface area contributed by atoms with Crippen molar-refractivity contribution in [1.82, 2.24) is 5.32 Å². The molecule has 1 aliphatic heterocycles. The number of carbonyl (C=O) groups is 1. The highest BCUT2D eigenvalue weighted by atomic mass is 16.1. The summed E-state index contributed by atoms with van der Waals surface area (Å²) in [4.78, 5) is 17.2. The zero-order chi connectivity index (χ0) is 18.8. The number of benzene rings is 2.